The predicted octanol–water partition coefficient (Wildman–Crippen LogP) is 2.06. The summed E-state index contributed by atoms with van der Waals surface area (Å²) in [5, 5.41) is 9.30. The third-order valence-electron chi connectivity index (χ3n) is 3.05. The first-order valence-electron chi connectivity index (χ1n) is 6.93. The Morgan fingerprint density at radius 3 is 2.67 bits per heavy atom. The molecular weight excluding hydrogens is 272 g/mol. The maximum absolute atomic E-state index is 12.1. The van der Waals surface area contributed by atoms with Crippen LogP contribution >= 0.6 is 0 Å². The van der Waals surface area contributed by atoms with Crippen LogP contribution in [0.5, 0.6) is 0 Å². The molecule has 1 N–H and O–H groups in total. The van der Waals surface area contributed by atoms with Crippen molar-refractivity contribution >= 4 is 11.8 Å². The SMILES string of the molecule is CC/C=C/C=C/[C@@]1(C)OC(=O)C(C(=O)CC(C)O)=C1OC. The van der Waals surface area contributed by atoms with Gasteiger partial charge in [-0.3, -0.25) is 4.79 Å². The van der Waals surface area contributed by atoms with Crippen LogP contribution in [0.25, 0.3) is 0 Å². The molecule has 0 radical (unpaired) electrons. The number of cyclic esters (lactones) is 1. The predicted molar refractivity (Wildman–Crippen MR) is 78.4 cm³/mol. The molecule has 0 spiro atoms. The number of aliphatic hydroxyl groups is 1. The summed E-state index contributed by atoms with van der Waals surface area (Å²) >= 11 is 0. The van der Waals surface area contributed by atoms with E-state index in [2.05, 4.69) is 0 Å². The van der Waals surface area contributed by atoms with E-state index in [4.69, 9.17) is 9.47 Å². The maximum atomic E-state index is 12.1. The summed E-state index contributed by atoms with van der Waals surface area (Å²) in [4.78, 5) is 24.0. The number of rotatable bonds is 7. The van der Waals surface area contributed by atoms with E-state index in [9.17, 15) is 14.7 Å². The molecule has 5 nitrogen and oxygen atoms in total. The molecule has 0 aliphatic carbocycles. The number of allylic oxidation sites excluding steroid dienone is 3. The molecular formula is C16H22O5. The van der Waals surface area contributed by atoms with Crippen molar-refractivity contribution in [1.82, 2.24) is 0 Å². The quantitative estimate of drug-likeness (QED) is 0.442. The highest BCUT2D eigenvalue weighted by atomic mass is 16.6. The zero-order valence-corrected chi connectivity index (χ0v) is 12.9. The summed E-state index contributed by atoms with van der Waals surface area (Å²) < 4.78 is 10.5. The van der Waals surface area contributed by atoms with E-state index in [0.717, 1.165) is 6.42 Å². The topological polar surface area (TPSA) is 72.8 Å². The molecule has 0 saturated heterocycles. The van der Waals surface area contributed by atoms with Gasteiger partial charge in [0.05, 0.1) is 13.2 Å². The van der Waals surface area contributed by atoms with Crippen LogP contribution in [0, 0.1) is 0 Å². The molecule has 1 aliphatic rings. The van der Waals surface area contributed by atoms with Crippen LogP contribution in [-0.2, 0) is 19.1 Å². The summed E-state index contributed by atoms with van der Waals surface area (Å²) in [5.74, 6) is -1.02. The summed E-state index contributed by atoms with van der Waals surface area (Å²) in [5.41, 5.74) is -1.22. The summed E-state index contributed by atoms with van der Waals surface area (Å²) in [6.07, 6.45) is 7.12. The second-order valence-electron chi connectivity index (χ2n) is 5.08. The minimum absolute atomic E-state index is 0.120. The van der Waals surface area contributed by atoms with Crippen molar-refractivity contribution in [1.29, 1.82) is 0 Å². The fourth-order valence-corrected chi connectivity index (χ4v) is 2.11. The number of carbonyl (C=O) groups excluding carboxylic acids is 2. The average Bonchev–Trinajstić information content (AvgIpc) is 2.64. The second-order valence-corrected chi connectivity index (χ2v) is 5.08. The fourth-order valence-electron chi connectivity index (χ4n) is 2.11. The van der Waals surface area contributed by atoms with Crippen LogP contribution in [-0.4, -0.2) is 35.7 Å². The highest BCUT2D eigenvalue weighted by Crippen LogP contribution is 2.35. The molecule has 0 fully saturated rings. The Balaban J connectivity index is 3.11. The van der Waals surface area contributed by atoms with Crippen LogP contribution in [0.3, 0.4) is 0 Å². The standard InChI is InChI=1S/C16H22O5/c1-5-6-7-8-9-16(3)14(20-4)13(15(19)21-16)12(18)10-11(2)17/h6-9,11,17H,5,10H2,1-4H3/b7-6+,9-8+/t11?,16-/m1/s1. The van der Waals surface area contributed by atoms with Gasteiger partial charge in [0.15, 0.2) is 17.1 Å². The summed E-state index contributed by atoms with van der Waals surface area (Å²) in [6, 6.07) is 0. The molecule has 5 heteroatoms. The lowest BCUT2D eigenvalue weighted by Crippen LogP contribution is -2.26. The van der Waals surface area contributed by atoms with Crippen LogP contribution in [0.4, 0.5) is 0 Å². The van der Waals surface area contributed by atoms with Gasteiger partial charge in [0, 0.05) is 6.42 Å². The van der Waals surface area contributed by atoms with Gasteiger partial charge in [-0.25, -0.2) is 4.79 Å². The normalized spacial score (nSPS) is 24.0. The number of aliphatic hydroxyl groups excluding tert-OH is 1. The zero-order chi connectivity index (χ0) is 16.0. The third kappa shape index (κ3) is 4.04. The number of hydrogen-bond donors (Lipinski definition) is 1. The van der Waals surface area contributed by atoms with Gasteiger partial charge in [0.1, 0.15) is 5.57 Å². The van der Waals surface area contributed by atoms with Crippen molar-refractivity contribution in [3.05, 3.63) is 35.6 Å². The molecule has 2 atom stereocenters. The van der Waals surface area contributed by atoms with Crippen molar-refractivity contribution < 1.29 is 24.2 Å². The molecule has 1 unspecified atom stereocenters. The average molecular weight is 294 g/mol. The molecule has 0 aromatic carbocycles. The number of esters is 1. The van der Waals surface area contributed by atoms with E-state index in [1.807, 2.05) is 19.1 Å². The van der Waals surface area contributed by atoms with Crippen molar-refractivity contribution in [3.8, 4) is 0 Å². The molecule has 21 heavy (non-hydrogen) atoms. The monoisotopic (exact) mass is 294 g/mol. The van der Waals surface area contributed by atoms with E-state index in [1.165, 1.54) is 14.0 Å². The van der Waals surface area contributed by atoms with Gasteiger partial charge in [-0.2, -0.15) is 0 Å². The van der Waals surface area contributed by atoms with Crippen molar-refractivity contribution in [2.45, 2.75) is 45.3 Å². The fraction of sp³-hybridized carbons (Fsp3) is 0.500. The molecule has 1 rings (SSSR count). The van der Waals surface area contributed by atoms with Gasteiger partial charge >= 0.3 is 5.97 Å². The molecule has 0 saturated carbocycles. The minimum atomic E-state index is -1.10. The lowest BCUT2D eigenvalue weighted by molar-refractivity contribution is -0.144. The number of methoxy groups -OCH3 is 1. The number of Topliss-reactive ketones (excluding diaryl/α,β-unsaturated/α-hetero) is 1. The van der Waals surface area contributed by atoms with E-state index in [0.29, 0.717) is 0 Å². The molecule has 1 heterocycles. The summed E-state index contributed by atoms with van der Waals surface area (Å²) in [6.45, 7) is 5.15. The van der Waals surface area contributed by atoms with Gasteiger partial charge in [0.25, 0.3) is 0 Å². The van der Waals surface area contributed by atoms with Crippen molar-refractivity contribution in [2.24, 2.45) is 0 Å². The molecule has 1 aliphatic heterocycles. The Labute approximate surface area is 124 Å². The van der Waals surface area contributed by atoms with Gasteiger partial charge < -0.3 is 14.6 Å². The Kier molecular flexibility index (Phi) is 5.90. The lowest BCUT2D eigenvalue weighted by atomic mass is 9.98. The summed E-state index contributed by atoms with van der Waals surface area (Å²) in [7, 11) is 1.39. The number of ether oxygens (including phenoxy) is 2. The molecule has 0 amide bonds. The van der Waals surface area contributed by atoms with E-state index < -0.39 is 23.5 Å². The molecule has 0 aromatic rings. The van der Waals surface area contributed by atoms with Gasteiger partial charge in [-0.05, 0) is 26.3 Å². The zero-order valence-electron chi connectivity index (χ0n) is 12.9. The van der Waals surface area contributed by atoms with E-state index in [-0.39, 0.29) is 17.8 Å². The first kappa shape index (κ1) is 17.2. The Morgan fingerprint density at radius 1 is 1.48 bits per heavy atom. The Bertz CT molecular complexity index is 499. The van der Waals surface area contributed by atoms with Gasteiger partial charge in [-0.15, -0.1) is 0 Å². The highest BCUT2D eigenvalue weighted by molar-refractivity contribution is 6.19. The van der Waals surface area contributed by atoms with Gasteiger partial charge in [0.2, 0.25) is 0 Å². The van der Waals surface area contributed by atoms with Crippen molar-refractivity contribution in [2.75, 3.05) is 7.11 Å². The molecule has 116 valence electrons. The lowest BCUT2D eigenvalue weighted by Gasteiger charge is -2.21. The van der Waals surface area contributed by atoms with Crippen LogP contribution in [0.1, 0.15) is 33.6 Å². The first-order valence-corrected chi connectivity index (χ1v) is 6.93. The first-order chi connectivity index (χ1) is 9.85. The molecule has 0 aromatic heterocycles. The van der Waals surface area contributed by atoms with E-state index in [1.54, 1.807) is 19.1 Å². The van der Waals surface area contributed by atoms with Crippen LogP contribution in [0.2, 0.25) is 0 Å². The van der Waals surface area contributed by atoms with Crippen LogP contribution < -0.4 is 0 Å². The second kappa shape index (κ2) is 7.22. The molecule has 0 bridgehead atoms. The smallest absolute Gasteiger partial charge is 0.346 e. The third-order valence-corrected chi connectivity index (χ3v) is 3.05. The van der Waals surface area contributed by atoms with E-state index >= 15 is 0 Å². The number of carbonyl (C=O) groups is 2. The van der Waals surface area contributed by atoms with Crippen LogP contribution in [0.15, 0.2) is 35.6 Å². The largest absolute Gasteiger partial charge is 0.495 e. The minimum Gasteiger partial charge on any atom is -0.495 e. The highest BCUT2D eigenvalue weighted by Gasteiger charge is 2.46. The maximum Gasteiger partial charge on any atom is 0.346 e. The van der Waals surface area contributed by atoms with Crippen molar-refractivity contribution in [3.63, 3.8) is 0 Å². The number of hydrogen-bond acceptors (Lipinski definition) is 5. The number of ketones is 1. The Hall–Kier alpha value is -1.88. The Morgan fingerprint density at radius 2 is 2.14 bits per heavy atom. The van der Waals surface area contributed by atoms with Gasteiger partial charge in [-0.1, -0.05) is 25.2 Å².